The Hall–Kier alpha value is -1.07. The van der Waals surface area contributed by atoms with Crippen molar-refractivity contribution in [2.45, 2.75) is 45.8 Å². The van der Waals surface area contributed by atoms with E-state index in [9.17, 15) is 9.90 Å². The fourth-order valence-electron chi connectivity index (χ4n) is 1.83. The van der Waals surface area contributed by atoms with Gasteiger partial charge in [-0.05, 0) is 32.4 Å². The fourth-order valence-corrected chi connectivity index (χ4v) is 2.17. The number of aliphatic hydroxyl groups excluding tert-OH is 1. The molecule has 0 aliphatic heterocycles. The normalized spacial score (nSPS) is 13.7. The number of rotatable bonds is 7. The fraction of sp³-hybridized carbons (Fsp3) is 0.533. The van der Waals surface area contributed by atoms with Gasteiger partial charge in [0.15, 0.2) is 6.10 Å². The molecule has 0 aliphatic rings. The standard InChI is InChI=1S/C15H21BrO4/c1-4-6-13(15(18)19-5-2)20-14-9-11(16)7-8-12(14)10(3)17/h7-10,13,17H,4-6H2,1-3H3/t10-,13?/m1/s1. The lowest BCUT2D eigenvalue weighted by Crippen LogP contribution is -2.29. The minimum Gasteiger partial charge on any atom is -0.478 e. The van der Waals surface area contributed by atoms with Crippen LogP contribution in [0.15, 0.2) is 22.7 Å². The number of halogens is 1. The molecule has 0 amide bonds. The molecule has 0 heterocycles. The van der Waals surface area contributed by atoms with Crippen molar-refractivity contribution in [2.24, 2.45) is 0 Å². The van der Waals surface area contributed by atoms with Crippen molar-refractivity contribution in [3.8, 4) is 5.75 Å². The second kappa shape index (κ2) is 8.27. The maximum atomic E-state index is 11.9. The van der Waals surface area contributed by atoms with E-state index >= 15 is 0 Å². The third-order valence-electron chi connectivity index (χ3n) is 2.80. The van der Waals surface area contributed by atoms with Crippen molar-refractivity contribution in [2.75, 3.05) is 6.61 Å². The molecule has 0 saturated carbocycles. The van der Waals surface area contributed by atoms with Gasteiger partial charge < -0.3 is 14.6 Å². The third kappa shape index (κ3) is 4.80. The van der Waals surface area contributed by atoms with Crippen molar-refractivity contribution in [1.82, 2.24) is 0 Å². The van der Waals surface area contributed by atoms with Gasteiger partial charge >= 0.3 is 5.97 Å². The summed E-state index contributed by atoms with van der Waals surface area (Å²) in [6, 6.07) is 5.36. The van der Waals surface area contributed by atoms with Crippen molar-refractivity contribution in [1.29, 1.82) is 0 Å². The van der Waals surface area contributed by atoms with Crippen LogP contribution in [0.3, 0.4) is 0 Å². The first-order valence-corrected chi connectivity index (χ1v) is 7.59. The first kappa shape index (κ1) is 17.0. The Kier molecular flexibility index (Phi) is 7.02. The zero-order valence-corrected chi connectivity index (χ0v) is 13.6. The zero-order valence-electron chi connectivity index (χ0n) is 12.1. The van der Waals surface area contributed by atoms with Gasteiger partial charge in [-0.1, -0.05) is 35.3 Å². The van der Waals surface area contributed by atoms with Crippen LogP contribution >= 0.6 is 15.9 Å². The largest absolute Gasteiger partial charge is 0.478 e. The van der Waals surface area contributed by atoms with E-state index < -0.39 is 12.2 Å². The molecule has 0 fully saturated rings. The number of esters is 1. The molecule has 0 aliphatic carbocycles. The first-order chi connectivity index (χ1) is 9.49. The quantitative estimate of drug-likeness (QED) is 0.767. The number of carbonyl (C=O) groups is 1. The molecule has 0 bridgehead atoms. The minimum absolute atomic E-state index is 0.324. The van der Waals surface area contributed by atoms with Crippen LogP contribution < -0.4 is 4.74 Å². The Morgan fingerprint density at radius 3 is 2.65 bits per heavy atom. The lowest BCUT2D eigenvalue weighted by molar-refractivity contribution is -0.151. The van der Waals surface area contributed by atoms with Crippen LogP contribution in [-0.4, -0.2) is 23.8 Å². The van der Waals surface area contributed by atoms with Gasteiger partial charge in [0.2, 0.25) is 0 Å². The van der Waals surface area contributed by atoms with E-state index in [1.807, 2.05) is 13.0 Å². The van der Waals surface area contributed by atoms with Crippen LogP contribution in [0, 0.1) is 0 Å². The Balaban J connectivity index is 2.97. The SMILES string of the molecule is CCCC(Oc1cc(Br)ccc1[C@@H](C)O)C(=O)OCC. The van der Waals surface area contributed by atoms with E-state index in [4.69, 9.17) is 9.47 Å². The van der Waals surface area contributed by atoms with Crippen LogP contribution in [0.1, 0.15) is 45.3 Å². The molecule has 1 aromatic carbocycles. The van der Waals surface area contributed by atoms with Gasteiger partial charge in [-0.25, -0.2) is 4.79 Å². The second-order valence-corrected chi connectivity index (χ2v) is 5.42. The van der Waals surface area contributed by atoms with Crippen LogP contribution in [0.2, 0.25) is 0 Å². The maximum absolute atomic E-state index is 11.9. The molecule has 1 rings (SSSR count). The molecule has 2 atom stereocenters. The first-order valence-electron chi connectivity index (χ1n) is 6.80. The highest BCUT2D eigenvalue weighted by atomic mass is 79.9. The molecule has 1 aromatic rings. The summed E-state index contributed by atoms with van der Waals surface area (Å²) in [6.07, 6.45) is 0.0702. The molecule has 0 saturated heterocycles. The highest BCUT2D eigenvalue weighted by molar-refractivity contribution is 9.10. The molecule has 20 heavy (non-hydrogen) atoms. The molecule has 1 N–H and O–H groups in total. The Bertz CT molecular complexity index is 445. The Morgan fingerprint density at radius 1 is 1.40 bits per heavy atom. The molecule has 0 radical (unpaired) electrons. The molecule has 0 spiro atoms. The van der Waals surface area contributed by atoms with Crippen molar-refractivity contribution < 1.29 is 19.4 Å². The highest BCUT2D eigenvalue weighted by Crippen LogP contribution is 2.30. The number of hydrogen-bond donors (Lipinski definition) is 1. The number of aliphatic hydroxyl groups is 1. The van der Waals surface area contributed by atoms with Gasteiger partial charge in [0.1, 0.15) is 5.75 Å². The predicted octanol–water partition coefficient (Wildman–Crippen LogP) is 3.61. The third-order valence-corrected chi connectivity index (χ3v) is 3.29. The summed E-state index contributed by atoms with van der Waals surface area (Å²) in [5, 5.41) is 9.77. The minimum atomic E-state index is -0.664. The van der Waals surface area contributed by atoms with E-state index in [-0.39, 0.29) is 5.97 Å². The zero-order chi connectivity index (χ0) is 15.1. The lowest BCUT2D eigenvalue weighted by Gasteiger charge is -2.20. The van der Waals surface area contributed by atoms with Gasteiger partial charge in [0.25, 0.3) is 0 Å². The van der Waals surface area contributed by atoms with Gasteiger partial charge in [-0.2, -0.15) is 0 Å². The Labute approximate surface area is 128 Å². The molecular formula is C15H21BrO4. The molecule has 1 unspecified atom stereocenters. The average molecular weight is 345 g/mol. The summed E-state index contributed by atoms with van der Waals surface area (Å²) in [7, 11) is 0. The molecular weight excluding hydrogens is 324 g/mol. The van der Waals surface area contributed by atoms with Crippen LogP contribution in [0.4, 0.5) is 0 Å². The van der Waals surface area contributed by atoms with Gasteiger partial charge in [0.05, 0.1) is 12.7 Å². The predicted molar refractivity (Wildman–Crippen MR) is 80.7 cm³/mol. The van der Waals surface area contributed by atoms with Crippen LogP contribution in [0.5, 0.6) is 5.75 Å². The summed E-state index contributed by atoms with van der Waals surface area (Å²) in [5.74, 6) is 0.131. The number of ether oxygens (including phenoxy) is 2. The van der Waals surface area contributed by atoms with Crippen molar-refractivity contribution >= 4 is 21.9 Å². The number of carbonyl (C=O) groups excluding carboxylic acids is 1. The van der Waals surface area contributed by atoms with Gasteiger partial charge in [-0.3, -0.25) is 0 Å². The van der Waals surface area contributed by atoms with E-state index in [2.05, 4.69) is 15.9 Å². The van der Waals surface area contributed by atoms with E-state index in [0.717, 1.165) is 10.9 Å². The topological polar surface area (TPSA) is 55.8 Å². The average Bonchev–Trinajstić information content (AvgIpc) is 2.38. The van der Waals surface area contributed by atoms with E-state index in [1.54, 1.807) is 26.0 Å². The highest BCUT2D eigenvalue weighted by Gasteiger charge is 2.23. The molecule has 112 valence electrons. The summed E-state index contributed by atoms with van der Waals surface area (Å²) in [5.41, 5.74) is 0.651. The summed E-state index contributed by atoms with van der Waals surface area (Å²) < 4.78 is 11.6. The Morgan fingerprint density at radius 2 is 2.10 bits per heavy atom. The summed E-state index contributed by atoms with van der Waals surface area (Å²) in [6.45, 7) is 5.73. The smallest absolute Gasteiger partial charge is 0.347 e. The molecule has 0 aromatic heterocycles. The maximum Gasteiger partial charge on any atom is 0.347 e. The number of hydrogen-bond acceptors (Lipinski definition) is 4. The van der Waals surface area contributed by atoms with E-state index in [1.165, 1.54) is 0 Å². The van der Waals surface area contributed by atoms with Crippen molar-refractivity contribution in [3.05, 3.63) is 28.2 Å². The van der Waals surface area contributed by atoms with Gasteiger partial charge in [-0.15, -0.1) is 0 Å². The lowest BCUT2D eigenvalue weighted by atomic mass is 10.1. The molecule has 5 heteroatoms. The monoisotopic (exact) mass is 344 g/mol. The summed E-state index contributed by atoms with van der Waals surface area (Å²) >= 11 is 3.36. The number of benzene rings is 1. The van der Waals surface area contributed by atoms with Gasteiger partial charge in [0, 0.05) is 10.0 Å². The second-order valence-electron chi connectivity index (χ2n) is 4.51. The van der Waals surface area contributed by atoms with Crippen LogP contribution in [0.25, 0.3) is 0 Å². The van der Waals surface area contributed by atoms with Crippen LogP contribution in [-0.2, 0) is 9.53 Å². The molecule has 4 nitrogen and oxygen atoms in total. The summed E-state index contributed by atoms with van der Waals surface area (Å²) in [4.78, 5) is 11.9. The van der Waals surface area contributed by atoms with E-state index in [0.29, 0.717) is 24.3 Å². The van der Waals surface area contributed by atoms with Crippen molar-refractivity contribution in [3.63, 3.8) is 0 Å².